The summed E-state index contributed by atoms with van der Waals surface area (Å²) in [5.74, 6) is 0.0453. The molecule has 2 unspecified atom stereocenters. The van der Waals surface area contributed by atoms with Gasteiger partial charge in [0.2, 0.25) is 0 Å². The van der Waals surface area contributed by atoms with Gasteiger partial charge < -0.3 is 15.7 Å². The molecule has 19 heavy (non-hydrogen) atoms. The molecule has 0 aliphatic carbocycles. The van der Waals surface area contributed by atoms with Crippen LogP contribution in [0.15, 0.2) is 23.5 Å². The van der Waals surface area contributed by atoms with Crippen LogP contribution >= 0.6 is 0 Å². The van der Waals surface area contributed by atoms with Crippen LogP contribution in [-0.4, -0.2) is 46.2 Å². The molecule has 0 aromatic carbocycles. The van der Waals surface area contributed by atoms with Crippen LogP contribution in [0.2, 0.25) is 0 Å². The summed E-state index contributed by atoms with van der Waals surface area (Å²) in [6, 6.07) is 3.83. The number of pyridine rings is 1. The molecule has 2 aliphatic rings. The van der Waals surface area contributed by atoms with Crippen LogP contribution in [0.4, 0.5) is 0 Å². The summed E-state index contributed by atoms with van der Waals surface area (Å²) in [6.07, 6.45) is 4.82. The summed E-state index contributed by atoms with van der Waals surface area (Å²) in [4.78, 5) is 6.49. The molecule has 2 aliphatic heterocycles. The highest BCUT2D eigenvalue weighted by Gasteiger charge is 2.33. The molecule has 102 valence electrons. The van der Waals surface area contributed by atoms with Crippen molar-refractivity contribution in [3.05, 3.63) is 29.6 Å². The van der Waals surface area contributed by atoms with E-state index in [2.05, 4.69) is 15.0 Å². The predicted molar refractivity (Wildman–Crippen MR) is 69.9 cm³/mol. The van der Waals surface area contributed by atoms with E-state index < -0.39 is 0 Å². The topological polar surface area (TPSA) is 84.0 Å². The SMILES string of the molecule is NC(=NO)c1cc(CN2CC3CCC(C2)O3)ccn1. The second-order valence-electron chi connectivity index (χ2n) is 5.19. The Morgan fingerprint density at radius 2 is 2.21 bits per heavy atom. The molecule has 0 spiro atoms. The number of oxime groups is 1. The van der Waals surface area contributed by atoms with E-state index in [1.54, 1.807) is 6.20 Å². The van der Waals surface area contributed by atoms with E-state index in [9.17, 15) is 0 Å². The minimum Gasteiger partial charge on any atom is -0.409 e. The van der Waals surface area contributed by atoms with Crippen molar-refractivity contribution in [1.82, 2.24) is 9.88 Å². The highest BCUT2D eigenvalue weighted by Crippen LogP contribution is 2.27. The maximum absolute atomic E-state index is 8.67. The van der Waals surface area contributed by atoms with Crippen molar-refractivity contribution < 1.29 is 9.94 Å². The predicted octanol–water partition coefficient (Wildman–Crippen LogP) is 0.539. The number of aromatic nitrogens is 1. The third-order valence-corrected chi connectivity index (χ3v) is 3.72. The summed E-state index contributed by atoms with van der Waals surface area (Å²) in [6.45, 7) is 2.82. The quantitative estimate of drug-likeness (QED) is 0.359. The molecule has 2 saturated heterocycles. The molecule has 3 N–H and O–H groups in total. The number of amidine groups is 1. The maximum atomic E-state index is 8.67. The van der Waals surface area contributed by atoms with Crippen molar-refractivity contribution >= 4 is 5.84 Å². The van der Waals surface area contributed by atoms with Crippen molar-refractivity contribution in [2.75, 3.05) is 13.1 Å². The number of rotatable bonds is 3. The van der Waals surface area contributed by atoms with E-state index in [-0.39, 0.29) is 5.84 Å². The van der Waals surface area contributed by atoms with Gasteiger partial charge in [0, 0.05) is 25.8 Å². The molecule has 0 amide bonds. The standard InChI is InChI=1S/C13H18N4O2/c14-13(16-18)12-5-9(3-4-15-12)6-17-7-10-1-2-11(8-17)19-10/h3-5,10-11,18H,1-2,6-8H2,(H2,14,16). The zero-order valence-electron chi connectivity index (χ0n) is 10.7. The summed E-state index contributed by atoms with van der Waals surface area (Å²) in [5.41, 5.74) is 7.19. The lowest BCUT2D eigenvalue weighted by atomic mass is 10.2. The molecule has 6 heteroatoms. The van der Waals surface area contributed by atoms with Gasteiger partial charge in [-0.3, -0.25) is 9.88 Å². The Balaban J connectivity index is 1.69. The summed E-state index contributed by atoms with van der Waals surface area (Å²) < 4.78 is 5.82. The molecule has 1 aromatic heterocycles. The summed E-state index contributed by atoms with van der Waals surface area (Å²) in [7, 11) is 0. The van der Waals surface area contributed by atoms with Crippen LogP contribution in [0.5, 0.6) is 0 Å². The smallest absolute Gasteiger partial charge is 0.188 e. The van der Waals surface area contributed by atoms with Gasteiger partial charge in [-0.2, -0.15) is 0 Å². The lowest BCUT2D eigenvalue weighted by molar-refractivity contribution is -0.0410. The van der Waals surface area contributed by atoms with Gasteiger partial charge in [-0.05, 0) is 30.5 Å². The average molecular weight is 262 g/mol. The van der Waals surface area contributed by atoms with Crippen molar-refractivity contribution in [2.24, 2.45) is 10.9 Å². The minimum atomic E-state index is 0.0453. The van der Waals surface area contributed by atoms with Crippen molar-refractivity contribution in [3.63, 3.8) is 0 Å². The van der Waals surface area contributed by atoms with E-state index in [1.807, 2.05) is 12.1 Å². The van der Waals surface area contributed by atoms with Crippen molar-refractivity contribution in [1.29, 1.82) is 0 Å². The normalized spacial score (nSPS) is 27.7. The van der Waals surface area contributed by atoms with Crippen LogP contribution in [-0.2, 0) is 11.3 Å². The number of nitrogens with zero attached hydrogens (tertiary/aromatic N) is 3. The number of nitrogens with two attached hydrogens (primary N) is 1. The Morgan fingerprint density at radius 3 is 2.89 bits per heavy atom. The Bertz CT molecular complexity index is 479. The number of hydrogen-bond acceptors (Lipinski definition) is 5. The van der Waals surface area contributed by atoms with Gasteiger partial charge in [-0.25, -0.2) is 0 Å². The first-order valence-corrected chi connectivity index (χ1v) is 6.55. The zero-order chi connectivity index (χ0) is 13.2. The van der Waals surface area contributed by atoms with Gasteiger partial charge in [-0.1, -0.05) is 5.16 Å². The molecule has 0 radical (unpaired) electrons. The molecule has 2 fully saturated rings. The van der Waals surface area contributed by atoms with E-state index in [1.165, 1.54) is 12.8 Å². The van der Waals surface area contributed by atoms with Gasteiger partial charge in [0.05, 0.1) is 12.2 Å². The highest BCUT2D eigenvalue weighted by atomic mass is 16.5. The molecule has 2 bridgehead atoms. The van der Waals surface area contributed by atoms with Crippen molar-refractivity contribution in [2.45, 2.75) is 31.6 Å². The van der Waals surface area contributed by atoms with Gasteiger partial charge in [0.25, 0.3) is 0 Å². The molecular weight excluding hydrogens is 244 g/mol. The third kappa shape index (κ3) is 2.69. The van der Waals surface area contributed by atoms with Gasteiger partial charge in [-0.15, -0.1) is 0 Å². The second kappa shape index (κ2) is 5.14. The molecule has 1 aromatic rings. The fourth-order valence-electron chi connectivity index (χ4n) is 2.85. The van der Waals surface area contributed by atoms with E-state index >= 15 is 0 Å². The Labute approximate surface area is 111 Å². The largest absolute Gasteiger partial charge is 0.409 e. The highest BCUT2D eigenvalue weighted by molar-refractivity contribution is 5.95. The minimum absolute atomic E-state index is 0.0453. The molecule has 6 nitrogen and oxygen atoms in total. The summed E-state index contributed by atoms with van der Waals surface area (Å²) >= 11 is 0. The molecule has 2 atom stereocenters. The van der Waals surface area contributed by atoms with E-state index in [4.69, 9.17) is 15.7 Å². The monoisotopic (exact) mass is 262 g/mol. The molecule has 3 rings (SSSR count). The Morgan fingerprint density at radius 1 is 1.47 bits per heavy atom. The first kappa shape index (κ1) is 12.4. The van der Waals surface area contributed by atoms with Gasteiger partial charge >= 0.3 is 0 Å². The fraction of sp³-hybridized carbons (Fsp3) is 0.538. The number of hydrogen-bond donors (Lipinski definition) is 2. The van der Waals surface area contributed by atoms with Crippen LogP contribution < -0.4 is 5.73 Å². The Hall–Kier alpha value is -1.66. The molecule has 3 heterocycles. The molecule has 0 saturated carbocycles. The number of fused-ring (bicyclic) bond motifs is 2. The van der Waals surface area contributed by atoms with Gasteiger partial charge in [0.15, 0.2) is 5.84 Å². The van der Waals surface area contributed by atoms with Crippen molar-refractivity contribution in [3.8, 4) is 0 Å². The van der Waals surface area contributed by atoms with Gasteiger partial charge in [0.1, 0.15) is 5.69 Å². The van der Waals surface area contributed by atoms with Crippen LogP contribution in [0.3, 0.4) is 0 Å². The Kier molecular flexibility index (Phi) is 3.35. The lowest BCUT2D eigenvalue weighted by Gasteiger charge is -2.32. The van der Waals surface area contributed by atoms with Crippen LogP contribution in [0, 0.1) is 0 Å². The number of morpholine rings is 1. The average Bonchev–Trinajstić information content (AvgIpc) is 2.77. The van der Waals surface area contributed by atoms with E-state index in [0.717, 1.165) is 25.2 Å². The zero-order valence-corrected chi connectivity index (χ0v) is 10.7. The molecular formula is C13H18N4O2. The second-order valence-corrected chi connectivity index (χ2v) is 5.19. The number of likely N-dealkylation sites (tertiary alicyclic amines) is 1. The fourth-order valence-corrected chi connectivity index (χ4v) is 2.85. The first-order valence-electron chi connectivity index (χ1n) is 6.55. The lowest BCUT2D eigenvalue weighted by Crippen LogP contribution is -2.42. The summed E-state index contributed by atoms with van der Waals surface area (Å²) in [5, 5.41) is 11.7. The first-order chi connectivity index (χ1) is 9.24. The maximum Gasteiger partial charge on any atom is 0.188 e. The van der Waals surface area contributed by atoms with Crippen LogP contribution in [0.1, 0.15) is 24.1 Å². The van der Waals surface area contributed by atoms with Crippen LogP contribution in [0.25, 0.3) is 0 Å². The van der Waals surface area contributed by atoms with E-state index in [0.29, 0.717) is 17.9 Å². The third-order valence-electron chi connectivity index (χ3n) is 3.72. The number of ether oxygens (including phenoxy) is 1.